The molecule has 0 aromatic rings. The van der Waals surface area contributed by atoms with Crippen molar-refractivity contribution in [3.8, 4) is 0 Å². The monoisotopic (exact) mass is 988 g/mol. The van der Waals surface area contributed by atoms with Gasteiger partial charge in [0, 0.05) is 0 Å². The van der Waals surface area contributed by atoms with E-state index in [1.807, 2.05) is 0 Å². The molecule has 0 bridgehead atoms. The molecule has 0 rings (SSSR count). The molecule has 0 radical (unpaired) electrons. The van der Waals surface area contributed by atoms with Gasteiger partial charge in [0.25, 0.3) is 0 Å². The first-order valence-corrected chi connectivity index (χ1v) is 57.0. The molecule has 0 heterocycles. The van der Waals surface area contributed by atoms with Gasteiger partial charge in [-0.05, 0) is 78.0 Å². The predicted molar refractivity (Wildman–Crippen MR) is 151 cm³/mol. The van der Waals surface area contributed by atoms with Crippen LogP contribution in [0.4, 0.5) is 0 Å². The van der Waals surface area contributed by atoms with Gasteiger partial charge in [0.1, 0.15) is 0 Å². The van der Waals surface area contributed by atoms with Crippen molar-refractivity contribution in [3.63, 3.8) is 0 Å². The maximum atomic E-state index is 2.56. The van der Waals surface area contributed by atoms with Crippen LogP contribution in [0.15, 0.2) is 0 Å². The first kappa shape index (κ1) is 31.2. The molecule has 132 valence electrons. The van der Waals surface area contributed by atoms with Crippen LogP contribution in [0, 0.1) is 0 Å². The Bertz CT molecular complexity index is 174. The summed E-state index contributed by atoms with van der Waals surface area (Å²) in [6, 6.07) is 0. The van der Waals surface area contributed by atoms with Crippen LogP contribution in [0.5, 0.6) is 0 Å². The second-order valence-electron chi connectivity index (χ2n) is 5.64. The van der Waals surface area contributed by atoms with Crippen LogP contribution in [0.3, 0.4) is 0 Å². The van der Waals surface area contributed by atoms with Crippen molar-refractivity contribution in [1.29, 1.82) is 0 Å². The average molecular weight is 986 g/mol. The van der Waals surface area contributed by atoms with E-state index in [1.54, 1.807) is 0 Å². The van der Waals surface area contributed by atoms with Gasteiger partial charge in [0.2, 0.25) is 0 Å². The van der Waals surface area contributed by atoms with Gasteiger partial charge in [0.15, 0.2) is 0 Å². The summed E-state index contributed by atoms with van der Waals surface area (Å²) in [6.45, 7) is 18.8. The Labute approximate surface area is 181 Å². The van der Waals surface area contributed by atoms with Gasteiger partial charge in [-0.1, -0.05) is 0 Å². The van der Waals surface area contributed by atoms with Crippen LogP contribution in [-0.4, -0.2) is 78.0 Å². The normalized spacial score (nSPS) is 11.4. The molecular weight excluding hydrogens is 954 g/mol. The first-order valence-electron chi connectivity index (χ1n) is 6.60. The fourth-order valence-electron chi connectivity index (χ4n) is 0.800. The van der Waals surface area contributed by atoms with Gasteiger partial charge in [0.05, 0.1) is 0 Å². The van der Waals surface area contributed by atoms with E-state index in [0.717, 1.165) is 0 Å². The zero-order valence-electron chi connectivity index (χ0n) is 14.6. The topological polar surface area (TPSA) is 0 Å². The van der Waals surface area contributed by atoms with Crippen LogP contribution in [0.2, 0.25) is 0 Å². The molecule has 0 aromatic carbocycles. The van der Waals surface area contributed by atoms with Gasteiger partial charge in [-0.3, -0.25) is 0 Å². The number of rotatable bonds is 6. The average Bonchev–Trinajstić information content (AvgIpc) is 2.22. The van der Waals surface area contributed by atoms with Crippen molar-refractivity contribution in [2.24, 2.45) is 0 Å². The third kappa shape index (κ3) is 58.6. The second-order valence-corrected chi connectivity index (χ2v) is 173. The van der Waals surface area contributed by atoms with Gasteiger partial charge in [-0.15, -0.1) is 31.7 Å². The minimum atomic E-state index is -1.40. The first-order chi connectivity index (χ1) is 9.25. The third-order valence-corrected chi connectivity index (χ3v) is 7.17. The molecule has 0 fully saturated rings. The Morgan fingerprint density at radius 2 is 0.571 bits per heavy atom. The summed E-state index contributed by atoms with van der Waals surface area (Å²) in [5, 5.41) is 0. The molecule has 0 aliphatic rings. The van der Waals surface area contributed by atoms with E-state index in [2.05, 4.69) is 126 Å². The Balaban J connectivity index is -0.000000239. The van der Waals surface area contributed by atoms with E-state index < -0.39 is 3.35 Å². The van der Waals surface area contributed by atoms with E-state index in [4.69, 9.17) is 0 Å². The summed E-state index contributed by atoms with van der Waals surface area (Å²) in [6.07, 6.45) is 5.92. The van der Waals surface area contributed by atoms with E-state index in [-0.39, 0.29) is 0 Å². The standard InChI is InChI=1S/2C6H16P2.Hf.4HI/c2*1-7(2)5-6-8(3)4;;;;;/h2*5-6H2,1-4H3;;4*1H/q;;+4;;;;/p-4. The quantitative estimate of drug-likeness (QED) is 0.143. The molecular formula is C12H32HfI4P4. The zero-order chi connectivity index (χ0) is 17.6. The fourth-order valence-corrected chi connectivity index (χ4v) is 7.20. The van der Waals surface area contributed by atoms with Crippen molar-refractivity contribution in [2.45, 2.75) is 0 Å². The van der Waals surface area contributed by atoms with Gasteiger partial charge < -0.3 is 0 Å². The Morgan fingerprint density at radius 3 is 0.619 bits per heavy atom. The van der Waals surface area contributed by atoms with Gasteiger partial charge in [-0.25, -0.2) is 0 Å². The second kappa shape index (κ2) is 20.2. The van der Waals surface area contributed by atoms with Crippen molar-refractivity contribution in [3.05, 3.63) is 0 Å². The molecule has 21 heavy (non-hydrogen) atoms. The Hall–Kier alpha value is 5.51. The molecule has 0 spiro atoms. The zero-order valence-corrected chi connectivity index (χ0v) is 30.4. The molecule has 0 aliphatic heterocycles. The summed E-state index contributed by atoms with van der Waals surface area (Å²) in [5.41, 5.74) is 0. The van der Waals surface area contributed by atoms with Crippen molar-refractivity contribution in [2.75, 3.05) is 78.0 Å². The molecule has 0 atom stereocenters. The number of hydrogen-bond acceptors (Lipinski definition) is 0. The van der Waals surface area contributed by atoms with Crippen LogP contribution in [-0.2, 0) is 3.35 Å². The molecule has 0 N–H and O–H groups in total. The van der Waals surface area contributed by atoms with E-state index in [1.165, 1.54) is 24.6 Å². The fraction of sp³-hybridized carbons (Fsp3) is 1.00. The Kier molecular flexibility index (Phi) is 30.1. The van der Waals surface area contributed by atoms with Crippen LogP contribution < -0.4 is 0 Å². The van der Waals surface area contributed by atoms with E-state index in [0.29, 0.717) is 31.7 Å². The van der Waals surface area contributed by atoms with E-state index in [9.17, 15) is 0 Å². The molecule has 0 unspecified atom stereocenters. The molecule has 0 saturated carbocycles. The number of hydrogen-bond donors (Lipinski definition) is 0. The summed E-state index contributed by atoms with van der Waals surface area (Å²) >= 11 is 10.2. The summed E-state index contributed by atoms with van der Waals surface area (Å²) < 4.78 is -1.40. The summed E-state index contributed by atoms with van der Waals surface area (Å²) in [4.78, 5) is 0. The SMILES string of the molecule is CP(C)CCP(C)C.CP(C)CCP(C)C.[I][Hf]([I])([I])[I]. The van der Waals surface area contributed by atoms with Crippen molar-refractivity contribution >= 4 is 104 Å². The number of halogens is 4. The van der Waals surface area contributed by atoms with Crippen molar-refractivity contribution in [1.82, 2.24) is 0 Å². The summed E-state index contributed by atoms with van der Waals surface area (Å²) in [7, 11) is 1.53. The molecule has 9 heteroatoms. The minimum absolute atomic E-state index is 0.383. The third-order valence-electron chi connectivity index (χ3n) is 1.99. The molecule has 0 saturated heterocycles. The summed E-state index contributed by atoms with van der Waals surface area (Å²) in [5.74, 6) is 0. The predicted octanol–water partition coefficient (Wildman–Crippen LogP) is 8.48. The van der Waals surface area contributed by atoms with Gasteiger partial charge in [-0.2, -0.15) is 0 Å². The molecule has 0 aromatic heterocycles. The molecule has 0 amide bonds. The van der Waals surface area contributed by atoms with Crippen LogP contribution in [0.1, 0.15) is 0 Å². The molecule has 0 aliphatic carbocycles. The Morgan fingerprint density at radius 1 is 0.476 bits per heavy atom. The molecule has 0 nitrogen and oxygen atoms in total. The van der Waals surface area contributed by atoms with E-state index >= 15 is 0 Å². The van der Waals surface area contributed by atoms with Crippen LogP contribution in [0.25, 0.3) is 0 Å². The van der Waals surface area contributed by atoms with Crippen molar-refractivity contribution < 1.29 is 3.35 Å². The van der Waals surface area contributed by atoms with Gasteiger partial charge >= 0.3 is 75.9 Å². The maximum absolute atomic E-state index is 2.56. The van der Waals surface area contributed by atoms with Crippen LogP contribution >= 0.6 is 104 Å².